The third kappa shape index (κ3) is 5.82. The zero-order chi connectivity index (χ0) is 29.6. The topological polar surface area (TPSA) is 105 Å². The van der Waals surface area contributed by atoms with Crippen LogP contribution in [0.5, 0.6) is 5.88 Å². The van der Waals surface area contributed by atoms with Gasteiger partial charge in [0.05, 0.1) is 23.3 Å². The van der Waals surface area contributed by atoms with Crippen molar-refractivity contribution in [2.75, 3.05) is 0 Å². The second kappa shape index (κ2) is 10.3. The van der Waals surface area contributed by atoms with E-state index in [2.05, 4.69) is 24.2 Å². The van der Waals surface area contributed by atoms with Crippen LogP contribution in [0.15, 0.2) is 48.9 Å². The summed E-state index contributed by atoms with van der Waals surface area (Å²) >= 11 is 0. The van der Waals surface area contributed by atoms with Crippen molar-refractivity contribution in [3.8, 4) is 11.6 Å². The summed E-state index contributed by atoms with van der Waals surface area (Å²) in [6, 6.07) is 7.97. The smallest absolute Gasteiger partial charge is 0.353 e. The highest BCUT2D eigenvalue weighted by atomic mass is 32.2. The normalized spacial score (nSPS) is 16.2. The molecule has 1 unspecified atom stereocenters. The predicted octanol–water partition coefficient (Wildman–Crippen LogP) is 5.51. The van der Waals surface area contributed by atoms with Gasteiger partial charge in [-0.05, 0) is 55.7 Å². The number of pyridine rings is 1. The molecule has 0 saturated carbocycles. The minimum atomic E-state index is -6.04. The van der Waals surface area contributed by atoms with Crippen molar-refractivity contribution in [2.45, 2.75) is 43.9 Å². The van der Waals surface area contributed by atoms with Crippen molar-refractivity contribution in [2.24, 2.45) is 0 Å². The molecule has 16 heteroatoms. The molecule has 216 valence electrons. The van der Waals surface area contributed by atoms with Crippen LogP contribution in [0.1, 0.15) is 52.9 Å². The molecule has 3 aromatic heterocycles. The Hall–Kier alpha value is -4.21. The van der Waals surface area contributed by atoms with Gasteiger partial charge in [0, 0.05) is 18.7 Å². The van der Waals surface area contributed by atoms with Gasteiger partial charge in [0.15, 0.2) is 5.82 Å². The molecule has 0 spiro atoms. The molecule has 4 aromatic rings. The lowest BCUT2D eigenvalue weighted by Crippen LogP contribution is -2.28. The van der Waals surface area contributed by atoms with Crippen molar-refractivity contribution in [3.05, 3.63) is 83.1 Å². The Morgan fingerprint density at radius 2 is 1.78 bits per heavy atom. The summed E-state index contributed by atoms with van der Waals surface area (Å²) in [6.07, 6.45) is 1.82. The van der Waals surface area contributed by atoms with Crippen LogP contribution < -0.4 is 4.18 Å². The molecule has 1 atom stereocenters. The fraction of sp³-hybridized carbons (Fsp3) is 0.280. The fourth-order valence-electron chi connectivity index (χ4n) is 4.46. The van der Waals surface area contributed by atoms with Crippen LogP contribution in [-0.4, -0.2) is 43.2 Å². The van der Waals surface area contributed by atoms with Crippen LogP contribution >= 0.6 is 0 Å². The van der Waals surface area contributed by atoms with Crippen molar-refractivity contribution in [3.63, 3.8) is 0 Å². The van der Waals surface area contributed by atoms with Crippen LogP contribution in [0.2, 0.25) is 0 Å². The molecule has 0 bridgehead atoms. The minimum Gasteiger partial charge on any atom is -0.353 e. The number of aryl methyl sites for hydroxylation is 2. The van der Waals surface area contributed by atoms with Crippen LogP contribution in [0.3, 0.4) is 0 Å². The number of nitrogens with zero attached hydrogens (tertiary/aromatic N) is 6. The van der Waals surface area contributed by atoms with E-state index in [0.29, 0.717) is 30.9 Å². The van der Waals surface area contributed by atoms with Gasteiger partial charge in [-0.15, -0.1) is 0 Å². The SMILES string of the molecule is Cc1cn(-c2ccc(/C=C/c3nc4n(n3)CCCC4c3ccccc3C(F)(F)F)nc2OS(=O)(=O)C(F)(F)F)cn1. The standard InChI is InChI=1S/C25H20F6N6O3S/c1-15-13-36(14-32-15)20-10-8-16(33-23(20)40-41(38,39)25(29,30)31)9-11-21-34-22-18(6-4-12-37(22)35-21)17-5-2-3-7-19(17)24(26,27)28/h2-3,5,7-11,13-14,18H,4,6,12H2,1H3/b11-9+. The van der Waals surface area contributed by atoms with Crippen molar-refractivity contribution in [1.29, 1.82) is 0 Å². The van der Waals surface area contributed by atoms with Crippen LogP contribution in [0.25, 0.3) is 17.8 Å². The Bertz CT molecular complexity index is 1730. The summed E-state index contributed by atoms with van der Waals surface area (Å²) in [5.74, 6) is -1.04. The van der Waals surface area contributed by atoms with Gasteiger partial charge >= 0.3 is 21.8 Å². The van der Waals surface area contributed by atoms with Crippen LogP contribution in [0.4, 0.5) is 26.3 Å². The summed E-state index contributed by atoms with van der Waals surface area (Å²) in [4.78, 5) is 12.3. The quantitative estimate of drug-likeness (QED) is 0.164. The van der Waals surface area contributed by atoms with Gasteiger partial charge in [0.25, 0.3) is 5.88 Å². The molecule has 0 fully saturated rings. The molecule has 1 aliphatic heterocycles. The van der Waals surface area contributed by atoms with Gasteiger partial charge in [-0.2, -0.15) is 39.9 Å². The molecule has 41 heavy (non-hydrogen) atoms. The molecule has 0 amide bonds. The van der Waals surface area contributed by atoms with Crippen molar-refractivity contribution < 1.29 is 38.9 Å². The van der Waals surface area contributed by atoms with Gasteiger partial charge in [-0.25, -0.2) is 19.6 Å². The third-order valence-corrected chi connectivity index (χ3v) is 7.20. The second-order valence-corrected chi connectivity index (χ2v) is 10.7. The molecule has 0 N–H and O–H groups in total. The Balaban J connectivity index is 1.48. The van der Waals surface area contributed by atoms with E-state index in [1.54, 1.807) is 6.92 Å². The van der Waals surface area contributed by atoms with Crippen molar-refractivity contribution >= 4 is 22.3 Å². The van der Waals surface area contributed by atoms with E-state index in [9.17, 15) is 34.8 Å². The number of benzene rings is 1. The maximum atomic E-state index is 13.7. The molecule has 1 aliphatic rings. The number of alkyl halides is 6. The van der Waals surface area contributed by atoms with Gasteiger partial charge in [-0.1, -0.05) is 18.2 Å². The highest BCUT2D eigenvalue weighted by Gasteiger charge is 2.49. The van der Waals surface area contributed by atoms with E-state index in [-0.39, 0.29) is 22.8 Å². The highest BCUT2D eigenvalue weighted by Crippen LogP contribution is 2.40. The first-order valence-corrected chi connectivity index (χ1v) is 13.5. The van der Waals surface area contributed by atoms with Crippen LogP contribution in [0, 0.1) is 6.92 Å². The number of halogens is 6. The molecule has 0 aliphatic carbocycles. The summed E-state index contributed by atoms with van der Waals surface area (Å²) in [5, 5.41) is 4.34. The maximum Gasteiger partial charge on any atom is 0.534 e. The lowest BCUT2D eigenvalue weighted by Gasteiger charge is -2.25. The fourth-order valence-corrected chi connectivity index (χ4v) is 4.88. The minimum absolute atomic E-state index is 0.00435. The van der Waals surface area contributed by atoms with Gasteiger partial charge in [0.2, 0.25) is 0 Å². The molecule has 4 heterocycles. The highest BCUT2D eigenvalue weighted by molar-refractivity contribution is 7.88. The Kier molecular flexibility index (Phi) is 7.13. The lowest BCUT2D eigenvalue weighted by molar-refractivity contribution is -0.138. The van der Waals surface area contributed by atoms with Gasteiger partial charge in [-0.3, -0.25) is 0 Å². The van der Waals surface area contributed by atoms with E-state index in [1.807, 2.05) is 0 Å². The maximum absolute atomic E-state index is 13.7. The molecular weight excluding hydrogens is 578 g/mol. The zero-order valence-electron chi connectivity index (χ0n) is 21.1. The predicted molar refractivity (Wildman–Crippen MR) is 133 cm³/mol. The molecule has 0 radical (unpaired) electrons. The van der Waals surface area contributed by atoms with Gasteiger partial charge < -0.3 is 8.75 Å². The van der Waals surface area contributed by atoms with E-state index in [1.165, 1.54) is 64.3 Å². The number of fused-ring (bicyclic) bond motifs is 1. The first kappa shape index (κ1) is 28.3. The molecule has 1 aromatic carbocycles. The van der Waals surface area contributed by atoms with Crippen LogP contribution in [-0.2, 0) is 22.8 Å². The van der Waals surface area contributed by atoms with E-state index < -0.39 is 39.2 Å². The number of hydrogen-bond acceptors (Lipinski definition) is 7. The second-order valence-electron chi connectivity index (χ2n) is 9.13. The number of aromatic nitrogens is 6. The Labute approximate surface area is 229 Å². The lowest BCUT2D eigenvalue weighted by atomic mass is 9.88. The zero-order valence-corrected chi connectivity index (χ0v) is 21.9. The first-order chi connectivity index (χ1) is 19.2. The average molecular weight is 599 g/mol. The third-order valence-electron chi connectivity index (χ3n) is 6.26. The summed E-state index contributed by atoms with van der Waals surface area (Å²) in [5.41, 5.74) is -5.96. The summed E-state index contributed by atoms with van der Waals surface area (Å²) < 4.78 is 111. The van der Waals surface area contributed by atoms with E-state index in [0.717, 1.165) is 6.07 Å². The number of rotatable bonds is 6. The Morgan fingerprint density at radius 3 is 2.46 bits per heavy atom. The molecule has 5 rings (SSSR count). The largest absolute Gasteiger partial charge is 0.534 e. The first-order valence-electron chi connectivity index (χ1n) is 12.0. The summed E-state index contributed by atoms with van der Waals surface area (Å²) in [7, 11) is -6.04. The molecular formula is C25H20F6N6O3S. The van der Waals surface area contributed by atoms with E-state index in [4.69, 9.17) is 0 Å². The van der Waals surface area contributed by atoms with E-state index >= 15 is 0 Å². The molecule has 0 saturated heterocycles. The summed E-state index contributed by atoms with van der Waals surface area (Å²) in [6.45, 7) is 2.06. The van der Waals surface area contributed by atoms with Gasteiger partial charge in [0.1, 0.15) is 11.5 Å². The monoisotopic (exact) mass is 598 g/mol. The van der Waals surface area contributed by atoms with Crippen molar-refractivity contribution in [1.82, 2.24) is 29.3 Å². The average Bonchev–Trinajstić information content (AvgIpc) is 3.52. The molecule has 9 nitrogen and oxygen atoms in total. The Morgan fingerprint density at radius 1 is 1.02 bits per heavy atom. The number of imidazole rings is 1. The number of hydrogen-bond donors (Lipinski definition) is 0.